The molecule has 1 aliphatic rings. The summed E-state index contributed by atoms with van der Waals surface area (Å²) in [7, 11) is 0. The topological polar surface area (TPSA) is 44.8 Å². The number of rotatable bonds is 2. The molecule has 1 aromatic heterocycles. The quantitative estimate of drug-likeness (QED) is 0.771. The van der Waals surface area contributed by atoms with Crippen molar-refractivity contribution in [1.82, 2.24) is 15.2 Å². The van der Waals surface area contributed by atoms with Crippen LogP contribution in [0.3, 0.4) is 0 Å². The summed E-state index contributed by atoms with van der Waals surface area (Å²) in [5.41, 5.74) is 3.63. The lowest BCUT2D eigenvalue weighted by Crippen LogP contribution is -2.14. The first-order valence-electron chi connectivity index (χ1n) is 6.75. The molecule has 0 amide bonds. The highest BCUT2D eigenvalue weighted by Crippen LogP contribution is 2.32. The third-order valence-corrected chi connectivity index (χ3v) is 3.65. The Hall–Kier alpha value is -2.62. The van der Waals surface area contributed by atoms with Crippen molar-refractivity contribution >= 4 is 11.6 Å². The Bertz CT molecular complexity index is 733. The van der Waals surface area contributed by atoms with Crippen molar-refractivity contribution in [1.29, 1.82) is 0 Å². The molecule has 2 heterocycles. The predicted octanol–water partition coefficient (Wildman–Crippen LogP) is 3.17. The van der Waals surface area contributed by atoms with Crippen LogP contribution in [0.2, 0.25) is 0 Å². The molecule has 0 aliphatic carbocycles. The highest BCUT2D eigenvalue weighted by atomic mass is 15.4. The van der Waals surface area contributed by atoms with Gasteiger partial charge in [-0.3, -0.25) is 5.10 Å². The zero-order valence-corrected chi connectivity index (χ0v) is 11.0. The van der Waals surface area contributed by atoms with Crippen molar-refractivity contribution in [3.8, 4) is 11.4 Å². The largest absolute Gasteiger partial charge is 0.309 e. The Balaban J connectivity index is 1.70. The van der Waals surface area contributed by atoms with Crippen molar-refractivity contribution in [2.75, 3.05) is 11.4 Å². The summed E-state index contributed by atoms with van der Waals surface area (Å²) >= 11 is 0. The van der Waals surface area contributed by atoms with Crippen LogP contribution < -0.4 is 4.90 Å². The minimum absolute atomic E-state index is 0.744. The van der Waals surface area contributed by atoms with Gasteiger partial charge < -0.3 is 4.90 Å². The fraction of sp³-hybridized carbons (Fsp3) is 0.125. The smallest absolute Gasteiger partial charge is 0.249 e. The summed E-state index contributed by atoms with van der Waals surface area (Å²) in [6, 6.07) is 18.5. The van der Waals surface area contributed by atoms with E-state index in [1.807, 2.05) is 30.3 Å². The highest BCUT2D eigenvalue weighted by molar-refractivity contribution is 5.67. The van der Waals surface area contributed by atoms with E-state index in [-0.39, 0.29) is 0 Å². The van der Waals surface area contributed by atoms with Crippen LogP contribution in [0.4, 0.5) is 11.6 Å². The van der Waals surface area contributed by atoms with Crippen molar-refractivity contribution in [2.24, 2.45) is 0 Å². The molecule has 2 aromatic carbocycles. The van der Waals surface area contributed by atoms with Gasteiger partial charge in [-0.2, -0.15) is 4.98 Å². The average molecular weight is 262 g/mol. The first-order valence-corrected chi connectivity index (χ1v) is 6.75. The number of fused-ring (bicyclic) bond motifs is 1. The van der Waals surface area contributed by atoms with Gasteiger partial charge in [0.2, 0.25) is 5.95 Å². The Morgan fingerprint density at radius 3 is 2.65 bits per heavy atom. The number of nitrogens with one attached hydrogen (secondary N) is 1. The lowest BCUT2D eigenvalue weighted by molar-refractivity contribution is 0.943. The van der Waals surface area contributed by atoms with Crippen molar-refractivity contribution < 1.29 is 0 Å². The fourth-order valence-electron chi connectivity index (χ4n) is 2.64. The molecule has 20 heavy (non-hydrogen) atoms. The first-order chi connectivity index (χ1) is 9.92. The van der Waals surface area contributed by atoms with E-state index in [4.69, 9.17) is 0 Å². The van der Waals surface area contributed by atoms with Crippen molar-refractivity contribution in [3.05, 3.63) is 60.2 Å². The summed E-state index contributed by atoms with van der Waals surface area (Å²) in [5.74, 6) is 1.55. The summed E-state index contributed by atoms with van der Waals surface area (Å²) < 4.78 is 0. The number of hydrogen-bond donors (Lipinski definition) is 1. The van der Waals surface area contributed by atoms with Gasteiger partial charge in [0, 0.05) is 17.8 Å². The van der Waals surface area contributed by atoms with E-state index in [0.29, 0.717) is 0 Å². The van der Waals surface area contributed by atoms with Gasteiger partial charge in [-0.05, 0) is 18.1 Å². The van der Waals surface area contributed by atoms with Gasteiger partial charge in [0.05, 0.1) is 0 Å². The van der Waals surface area contributed by atoms with E-state index in [0.717, 1.165) is 30.3 Å². The molecule has 0 radical (unpaired) electrons. The Morgan fingerprint density at radius 1 is 0.950 bits per heavy atom. The maximum Gasteiger partial charge on any atom is 0.249 e. The molecule has 1 aliphatic heterocycles. The van der Waals surface area contributed by atoms with Crippen LogP contribution in [0.25, 0.3) is 11.4 Å². The highest BCUT2D eigenvalue weighted by Gasteiger charge is 2.22. The molecule has 4 heteroatoms. The van der Waals surface area contributed by atoms with E-state index in [1.165, 1.54) is 11.3 Å². The molecule has 0 fully saturated rings. The average Bonchev–Trinajstić information content (AvgIpc) is 3.14. The minimum atomic E-state index is 0.744. The molecular formula is C16H14N4. The van der Waals surface area contributed by atoms with Crippen LogP contribution in [-0.4, -0.2) is 21.7 Å². The van der Waals surface area contributed by atoms with Gasteiger partial charge >= 0.3 is 0 Å². The second-order valence-corrected chi connectivity index (χ2v) is 4.88. The van der Waals surface area contributed by atoms with Crippen LogP contribution in [0.1, 0.15) is 5.56 Å². The predicted molar refractivity (Wildman–Crippen MR) is 79.0 cm³/mol. The lowest BCUT2D eigenvalue weighted by atomic mass is 10.2. The van der Waals surface area contributed by atoms with E-state index in [1.54, 1.807) is 0 Å². The van der Waals surface area contributed by atoms with Crippen LogP contribution in [0.5, 0.6) is 0 Å². The third-order valence-electron chi connectivity index (χ3n) is 3.65. The number of aromatic nitrogens is 3. The van der Waals surface area contributed by atoms with Gasteiger partial charge in [0.1, 0.15) is 0 Å². The van der Waals surface area contributed by atoms with Crippen LogP contribution in [-0.2, 0) is 6.42 Å². The molecule has 0 saturated heterocycles. The van der Waals surface area contributed by atoms with Gasteiger partial charge in [-0.1, -0.05) is 48.5 Å². The number of aromatic amines is 1. The normalized spacial score (nSPS) is 13.5. The Morgan fingerprint density at radius 2 is 1.75 bits per heavy atom. The van der Waals surface area contributed by atoms with E-state index in [2.05, 4.69) is 44.3 Å². The molecule has 0 bridgehead atoms. The van der Waals surface area contributed by atoms with Gasteiger partial charge in [-0.25, -0.2) is 0 Å². The molecule has 1 N–H and O–H groups in total. The second-order valence-electron chi connectivity index (χ2n) is 4.88. The summed E-state index contributed by atoms with van der Waals surface area (Å²) in [5, 5.41) is 7.39. The van der Waals surface area contributed by atoms with Gasteiger partial charge in [-0.15, -0.1) is 5.10 Å². The monoisotopic (exact) mass is 262 g/mol. The maximum atomic E-state index is 4.62. The number of nitrogens with zero attached hydrogens (tertiary/aromatic N) is 3. The summed E-state index contributed by atoms with van der Waals surface area (Å²) in [6.45, 7) is 0.936. The SMILES string of the molecule is c1ccc(-c2nc(N3CCc4ccccc43)n[nH]2)cc1. The zero-order chi connectivity index (χ0) is 13.4. The van der Waals surface area contributed by atoms with Crippen LogP contribution in [0.15, 0.2) is 54.6 Å². The lowest BCUT2D eigenvalue weighted by Gasteiger charge is -2.13. The molecular weight excluding hydrogens is 248 g/mol. The van der Waals surface area contributed by atoms with Crippen molar-refractivity contribution in [2.45, 2.75) is 6.42 Å². The third kappa shape index (κ3) is 1.77. The van der Waals surface area contributed by atoms with Gasteiger partial charge in [0.15, 0.2) is 5.82 Å². The summed E-state index contributed by atoms with van der Waals surface area (Å²) in [4.78, 5) is 6.79. The number of para-hydroxylation sites is 1. The maximum absolute atomic E-state index is 4.62. The molecule has 98 valence electrons. The summed E-state index contributed by atoms with van der Waals surface area (Å²) in [6.07, 6.45) is 1.05. The molecule has 4 nitrogen and oxygen atoms in total. The Kier molecular flexibility index (Phi) is 2.52. The number of H-pyrrole nitrogens is 1. The van der Waals surface area contributed by atoms with Crippen molar-refractivity contribution in [3.63, 3.8) is 0 Å². The standard InChI is InChI=1S/C16H14N4/c1-2-7-13(8-3-1)15-17-16(19-18-15)20-11-10-12-6-4-5-9-14(12)20/h1-9H,10-11H2,(H,17,18,19). The second kappa shape index (κ2) is 4.49. The molecule has 4 rings (SSSR count). The van der Waals surface area contributed by atoms with Gasteiger partial charge in [0.25, 0.3) is 0 Å². The molecule has 0 unspecified atom stereocenters. The minimum Gasteiger partial charge on any atom is -0.309 e. The number of anilines is 2. The first kappa shape index (κ1) is 11.2. The zero-order valence-electron chi connectivity index (χ0n) is 11.0. The number of hydrogen-bond acceptors (Lipinski definition) is 3. The molecule has 0 saturated carbocycles. The Labute approximate surface area is 117 Å². The van der Waals surface area contributed by atoms with E-state index in [9.17, 15) is 0 Å². The fourth-order valence-corrected chi connectivity index (χ4v) is 2.64. The van der Waals surface area contributed by atoms with E-state index < -0.39 is 0 Å². The molecule has 0 atom stereocenters. The molecule has 3 aromatic rings. The molecule has 0 spiro atoms. The van der Waals surface area contributed by atoms with E-state index >= 15 is 0 Å². The number of benzene rings is 2. The van der Waals surface area contributed by atoms with Crippen LogP contribution >= 0.6 is 0 Å². The van der Waals surface area contributed by atoms with Crippen LogP contribution in [0, 0.1) is 0 Å².